The van der Waals surface area contributed by atoms with E-state index in [1.165, 1.54) is 0 Å². The van der Waals surface area contributed by atoms with Crippen molar-refractivity contribution in [3.63, 3.8) is 0 Å². The van der Waals surface area contributed by atoms with E-state index in [1.54, 1.807) is 37.5 Å². The molecule has 6 radical (unpaired) electrons. The van der Waals surface area contributed by atoms with Crippen molar-refractivity contribution in [2.24, 2.45) is 0 Å². The van der Waals surface area contributed by atoms with Gasteiger partial charge >= 0.3 is 56.4 Å². The number of rotatable bonds is 0. The quantitative estimate of drug-likeness (QED) is 0.415. The second-order valence-electron chi connectivity index (χ2n) is 1.91. The fraction of sp³-hybridized carbons (Fsp3) is 0.250. The Labute approximate surface area is 109 Å². The Balaban J connectivity index is -0.0000000380. The molecule has 0 aliphatic rings. The SMILES string of the molecule is [CH2][C]([CH2])C.[CH2][C]([CH2])C.[Cl][Pt].[Cl][Pt]. The molecule has 0 nitrogen and oxygen atoms in total. The van der Waals surface area contributed by atoms with Crippen LogP contribution in [0, 0.1) is 39.5 Å². The van der Waals surface area contributed by atoms with Crippen LogP contribution in [0.1, 0.15) is 13.8 Å². The van der Waals surface area contributed by atoms with Gasteiger partial charge in [-0.1, -0.05) is 13.8 Å². The monoisotopic (exact) mass is 570 g/mol. The summed E-state index contributed by atoms with van der Waals surface area (Å²) < 4.78 is 0. The van der Waals surface area contributed by atoms with E-state index in [2.05, 4.69) is 46.5 Å². The zero-order valence-corrected chi connectivity index (χ0v) is 13.3. The van der Waals surface area contributed by atoms with Gasteiger partial charge in [-0.05, 0) is 39.5 Å². The van der Waals surface area contributed by atoms with Crippen LogP contribution in [-0.4, -0.2) is 0 Å². The van der Waals surface area contributed by atoms with Gasteiger partial charge in [-0.15, -0.1) is 0 Å². The van der Waals surface area contributed by atoms with E-state index in [0.29, 0.717) is 0 Å². The summed E-state index contributed by atoms with van der Waals surface area (Å²) in [5, 5.41) is 0. The predicted octanol–water partition coefficient (Wildman–Crippen LogP) is 3.87. The Kier molecular flexibility index (Phi) is 57.6. The molecule has 4 heteroatoms. The fourth-order valence-corrected chi connectivity index (χ4v) is 0. The van der Waals surface area contributed by atoms with Gasteiger partial charge in [0.15, 0.2) is 0 Å². The molecule has 0 spiro atoms. The van der Waals surface area contributed by atoms with Gasteiger partial charge in [0.05, 0.1) is 0 Å². The van der Waals surface area contributed by atoms with Crippen LogP contribution < -0.4 is 0 Å². The summed E-state index contributed by atoms with van der Waals surface area (Å²) in [4.78, 5) is 0. The maximum atomic E-state index is 4.61. The van der Waals surface area contributed by atoms with E-state index < -0.39 is 0 Å². The summed E-state index contributed by atoms with van der Waals surface area (Å²) in [6, 6.07) is 0. The molecule has 0 atom stereocenters. The van der Waals surface area contributed by atoms with E-state index in [-0.39, 0.29) is 0 Å². The van der Waals surface area contributed by atoms with Crippen LogP contribution in [0.4, 0.5) is 0 Å². The van der Waals surface area contributed by atoms with Gasteiger partial charge in [0.2, 0.25) is 0 Å². The third-order valence-corrected chi connectivity index (χ3v) is 0. The van der Waals surface area contributed by atoms with E-state index in [1.807, 2.05) is 13.8 Å². The average Bonchev–Trinajstić information content (AvgIpc) is 1.93. The molecule has 0 aliphatic carbocycles. The molecule has 0 saturated heterocycles. The molecule has 12 heavy (non-hydrogen) atoms. The third kappa shape index (κ3) is 375. The molecule has 0 bridgehead atoms. The van der Waals surface area contributed by atoms with Crippen LogP contribution in [0.15, 0.2) is 0 Å². The first-order chi connectivity index (χ1) is 5.46. The molecule has 0 saturated carbocycles. The molecular weight excluding hydrogens is 557 g/mol. The molecule has 0 fully saturated rings. The van der Waals surface area contributed by atoms with E-state index in [0.717, 1.165) is 11.8 Å². The van der Waals surface area contributed by atoms with E-state index in [9.17, 15) is 0 Å². The molecule has 0 unspecified atom stereocenters. The molecule has 0 aromatic carbocycles. The average molecular weight is 571 g/mol. The zero-order chi connectivity index (χ0) is 11.2. The van der Waals surface area contributed by atoms with Gasteiger partial charge in [0.1, 0.15) is 0 Å². The number of halogens is 2. The third-order valence-electron chi connectivity index (χ3n) is 0. The summed E-state index contributed by atoms with van der Waals surface area (Å²) in [5.74, 6) is 1.83. The Bertz CT molecular complexity index is 30.5. The molecule has 0 rings (SSSR count). The first kappa shape index (κ1) is 23.6. The molecule has 0 aromatic rings. The van der Waals surface area contributed by atoms with Gasteiger partial charge in [0.25, 0.3) is 0 Å². The molecule has 0 N–H and O–H groups in total. The molecular formula is C8H14Cl2Pt2. The minimum absolute atomic E-state index is 0.917. The summed E-state index contributed by atoms with van der Waals surface area (Å²) >= 11 is 3.22. The second-order valence-corrected chi connectivity index (χ2v) is 1.91. The Morgan fingerprint density at radius 2 is 0.750 bits per heavy atom. The molecule has 80 valence electrons. The Morgan fingerprint density at radius 1 is 0.750 bits per heavy atom. The Hall–Kier alpha value is 1.96. The van der Waals surface area contributed by atoms with Crippen molar-refractivity contribution in [3.05, 3.63) is 39.5 Å². The van der Waals surface area contributed by atoms with Crippen molar-refractivity contribution in [3.8, 4) is 0 Å². The zero-order valence-electron chi connectivity index (χ0n) is 7.22. The van der Waals surface area contributed by atoms with Crippen LogP contribution in [0.25, 0.3) is 0 Å². The van der Waals surface area contributed by atoms with Crippen LogP contribution in [-0.2, 0) is 37.5 Å². The first-order valence-corrected chi connectivity index (χ1v) is 8.28. The standard InChI is InChI=1S/2C4H7.2ClH.2Pt/c2*1-4(2)3;;;;/h2*1-2H2,3H3;2*1H;;/q;;;;2*+1/p-2. The summed E-state index contributed by atoms with van der Waals surface area (Å²) in [7, 11) is 9.22. The second kappa shape index (κ2) is 29.3. The van der Waals surface area contributed by atoms with E-state index >= 15 is 0 Å². The van der Waals surface area contributed by atoms with Crippen molar-refractivity contribution < 1.29 is 37.5 Å². The Morgan fingerprint density at radius 3 is 0.750 bits per heavy atom. The summed E-state index contributed by atoms with van der Waals surface area (Å²) in [5.41, 5.74) is 0. The van der Waals surface area contributed by atoms with Gasteiger partial charge < -0.3 is 0 Å². The van der Waals surface area contributed by atoms with Gasteiger partial charge in [-0.2, -0.15) is 0 Å². The van der Waals surface area contributed by atoms with Gasteiger partial charge in [0, 0.05) is 0 Å². The van der Waals surface area contributed by atoms with Crippen LogP contribution in [0.2, 0.25) is 0 Å². The number of hydrogen-bond acceptors (Lipinski definition) is 0. The first-order valence-electron chi connectivity index (χ1n) is 2.65. The van der Waals surface area contributed by atoms with Crippen molar-refractivity contribution in [1.29, 1.82) is 0 Å². The topological polar surface area (TPSA) is 0 Å². The van der Waals surface area contributed by atoms with E-state index in [4.69, 9.17) is 0 Å². The van der Waals surface area contributed by atoms with Crippen molar-refractivity contribution in [1.82, 2.24) is 0 Å². The van der Waals surface area contributed by atoms with Gasteiger partial charge in [-0.25, -0.2) is 0 Å². The molecule has 0 heterocycles. The normalized spacial score (nSPS) is 7.17. The number of hydrogen-bond donors (Lipinski definition) is 0. The summed E-state index contributed by atoms with van der Waals surface area (Å²) in [6.45, 7) is 17.5. The van der Waals surface area contributed by atoms with Gasteiger partial charge in [-0.3, -0.25) is 0 Å². The minimum atomic E-state index is 0.917. The molecule has 0 aliphatic heterocycles. The summed E-state index contributed by atoms with van der Waals surface area (Å²) in [6.07, 6.45) is 0. The molecule has 0 amide bonds. The fourth-order valence-electron chi connectivity index (χ4n) is 0. The van der Waals surface area contributed by atoms with Crippen molar-refractivity contribution in [2.45, 2.75) is 13.8 Å². The van der Waals surface area contributed by atoms with Crippen LogP contribution in [0.5, 0.6) is 0 Å². The molecule has 0 aromatic heterocycles. The van der Waals surface area contributed by atoms with Crippen LogP contribution in [0.3, 0.4) is 0 Å². The van der Waals surface area contributed by atoms with Crippen molar-refractivity contribution in [2.75, 3.05) is 0 Å². The van der Waals surface area contributed by atoms with Crippen LogP contribution >= 0.6 is 18.8 Å². The van der Waals surface area contributed by atoms with Crippen molar-refractivity contribution >= 4 is 18.8 Å². The maximum absolute atomic E-state index is 4.61. The predicted molar refractivity (Wildman–Crippen MR) is 51.0 cm³/mol.